The van der Waals surface area contributed by atoms with E-state index < -0.39 is 0 Å². The quantitative estimate of drug-likeness (QED) is 0.219. The second-order valence-corrected chi connectivity index (χ2v) is 9.13. The lowest BCUT2D eigenvalue weighted by Crippen LogP contribution is -2.06. The standard InChI is InChI=1S/C26H19Cl2N3OS/c27-22-14-13-18(15-23(22)28)17-33-26-30-29-25(31(26)20-9-2-1-3-10-20)16-32-24-12-6-8-19-7-4-5-11-21(19)24/h1-15H,16-17H2. The van der Waals surface area contributed by atoms with E-state index in [1.165, 1.54) is 0 Å². The van der Waals surface area contributed by atoms with E-state index in [1.54, 1.807) is 11.8 Å². The molecule has 0 spiro atoms. The SMILES string of the molecule is Clc1ccc(CSc2nnc(COc3cccc4ccccc34)n2-c2ccccc2)cc1Cl. The average Bonchev–Trinajstić information content (AvgIpc) is 3.26. The summed E-state index contributed by atoms with van der Waals surface area (Å²) in [5.41, 5.74) is 2.04. The molecule has 7 heteroatoms. The van der Waals surface area contributed by atoms with Crippen molar-refractivity contribution in [3.8, 4) is 11.4 Å². The second kappa shape index (κ2) is 9.87. The van der Waals surface area contributed by atoms with E-state index >= 15 is 0 Å². The fourth-order valence-corrected chi connectivity index (χ4v) is 4.80. The molecule has 0 aliphatic carbocycles. The Bertz CT molecular complexity index is 1400. The maximum absolute atomic E-state index is 6.21. The van der Waals surface area contributed by atoms with E-state index in [2.05, 4.69) is 28.4 Å². The molecular weight excluding hydrogens is 473 g/mol. The van der Waals surface area contributed by atoms with Gasteiger partial charge in [0, 0.05) is 16.8 Å². The zero-order valence-electron chi connectivity index (χ0n) is 17.5. The maximum atomic E-state index is 6.21. The van der Waals surface area contributed by atoms with Gasteiger partial charge in [0.15, 0.2) is 11.0 Å². The number of thioether (sulfide) groups is 1. The summed E-state index contributed by atoms with van der Waals surface area (Å²) in [6.07, 6.45) is 0. The van der Waals surface area contributed by atoms with E-state index in [9.17, 15) is 0 Å². The molecule has 0 aliphatic rings. The van der Waals surface area contributed by atoms with Crippen molar-refractivity contribution in [3.63, 3.8) is 0 Å². The largest absolute Gasteiger partial charge is 0.485 e. The third kappa shape index (κ3) is 4.86. The molecule has 0 N–H and O–H groups in total. The van der Waals surface area contributed by atoms with Gasteiger partial charge in [-0.3, -0.25) is 4.57 Å². The number of hydrogen-bond donors (Lipinski definition) is 0. The molecule has 33 heavy (non-hydrogen) atoms. The van der Waals surface area contributed by atoms with Gasteiger partial charge in [0.1, 0.15) is 12.4 Å². The fraction of sp³-hybridized carbons (Fsp3) is 0.0769. The minimum atomic E-state index is 0.295. The van der Waals surface area contributed by atoms with Crippen molar-refractivity contribution in [2.24, 2.45) is 0 Å². The highest BCUT2D eigenvalue weighted by molar-refractivity contribution is 7.98. The van der Waals surface area contributed by atoms with Crippen molar-refractivity contribution in [3.05, 3.63) is 112 Å². The van der Waals surface area contributed by atoms with Crippen molar-refractivity contribution in [1.82, 2.24) is 14.8 Å². The van der Waals surface area contributed by atoms with Gasteiger partial charge in [-0.05, 0) is 41.3 Å². The summed E-state index contributed by atoms with van der Waals surface area (Å²) >= 11 is 13.8. The Morgan fingerprint density at radius 2 is 1.58 bits per heavy atom. The zero-order valence-corrected chi connectivity index (χ0v) is 19.8. The molecule has 0 radical (unpaired) electrons. The molecule has 5 rings (SSSR count). The molecular formula is C26H19Cl2N3OS. The minimum Gasteiger partial charge on any atom is -0.485 e. The monoisotopic (exact) mass is 491 g/mol. The molecule has 5 aromatic rings. The van der Waals surface area contributed by atoms with Gasteiger partial charge in [-0.1, -0.05) is 95.6 Å². The lowest BCUT2D eigenvalue weighted by atomic mass is 10.1. The van der Waals surface area contributed by atoms with Crippen LogP contribution in [0.4, 0.5) is 0 Å². The first-order chi connectivity index (χ1) is 16.2. The van der Waals surface area contributed by atoms with Crippen molar-refractivity contribution >= 4 is 45.7 Å². The normalized spacial score (nSPS) is 11.1. The lowest BCUT2D eigenvalue weighted by Gasteiger charge is -2.12. The number of nitrogens with zero attached hydrogens (tertiary/aromatic N) is 3. The first-order valence-electron chi connectivity index (χ1n) is 10.4. The number of halogens is 2. The summed E-state index contributed by atoms with van der Waals surface area (Å²) in [4.78, 5) is 0. The summed E-state index contributed by atoms with van der Waals surface area (Å²) in [7, 11) is 0. The van der Waals surface area contributed by atoms with Gasteiger partial charge in [-0.15, -0.1) is 10.2 Å². The van der Waals surface area contributed by atoms with Gasteiger partial charge in [-0.25, -0.2) is 0 Å². The summed E-state index contributed by atoms with van der Waals surface area (Å²) < 4.78 is 8.24. The Morgan fingerprint density at radius 3 is 2.42 bits per heavy atom. The minimum absolute atomic E-state index is 0.295. The summed E-state index contributed by atoms with van der Waals surface area (Å²) in [5, 5.41) is 13.0. The molecule has 4 aromatic carbocycles. The summed E-state index contributed by atoms with van der Waals surface area (Å²) in [5.74, 6) is 2.23. The molecule has 0 atom stereocenters. The number of aromatic nitrogens is 3. The van der Waals surface area contributed by atoms with Crippen molar-refractivity contribution in [2.75, 3.05) is 0 Å². The van der Waals surface area contributed by atoms with Crippen molar-refractivity contribution < 1.29 is 4.74 Å². The predicted molar refractivity (Wildman–Crippen MR) is 136 cm³/mol. The number of para-hydroxylation sites is 1. The smallest absolute Gasteiger partial charge is 0.196 e. The van der Waals surface area contributed by atoms with Crippen LogP contribution in [0.25, 0.3) is 16.5 Å². The van der Waals surface area contributed by atoms with Crippen LogP contribution in [0.2, 0.25) is 10.0 Å². The van der Waals surface area contributed by atoms with Crippen LogP contribution in [0.1, 0.15) is 11.4 Å². The van der Waals surface area contributed by atoms with Crippen LogP contribution in [0.3, 0.4) is 0 Å². The van der Waals surface area contributed by atoms with Gasteiger partial charge >= 0.3 is 0 Å². The first-order valence-corrected chi connectivity index (χ1v) is 12.1. The van der Waals surface area contributed by atoms with E-state index in [4.69, 9.17) is 27.9 Å². The molecule has 0 fully saturated rings. The molecule has 1 heterocycles. The van der Waals surface area contributed by atoms with E-state index in [0.717, 1.165) is 38.8 Å². The highest BCUT2D eigenvalue weighted by atomic mass is 35.5. The van der Waals surface area contributed by atoms with E-state index in [-0.39, 0.29) is 0 Å². The highest BCUT2D eigenvalue weighted by Crippen LogP contribution is 2.30. The van der Waals surface area contributed by atoms with Gasteiger partial charge in [0.05, 0.1) is 10.0 Å². The third-order valence-corrected chi connectivity index (χ3v) is 6.91. The number of ether oxygens (including phenoxy) is 1. The van der Waals surface area contributed by atoms with Crippen molar-refractivity contribution in [2.45, 2.75) is 17.5 Å². The van der Waals surface area contributed by atoms with Crippen LogP contribution in [0.15, 0.2) is 96.2 Å². The van der Waals surface area contributed by atoms with Crippen molar-refractivity contribution in [1.29, 1.82) is 0 Å². The van der Waals surface area contributed by atoms with E-state index in [0.29, 0.717) is 22.4 Å². The van der Waals surface area contributed by atoms with Crippen LogP contribution >= 0.6 is 35.0 Å². The molecule has 1 aromatic heterocycles. The topological polar surface area (TPSA) is 39.9 Å². The maximum Gasteiger partial charge on any atom is 0.196 e. The number of hydrogen-bond acceptors (Lipinski definition) is 4. The average molecular weight is 492 g/mol. The molecule has 0 saturated heterocycles. The van der Waals surface area contributed by atoms with Crippen LogP contribution < -0.4 is 4.74 Å². The number of fused-ring (bicyclic) bond motifs is 1. The molecule has 0 unspecified atom stereocenters. The highest BCUT2D eigenvalue weighted by Gasteiger charge is 2.16. The van der Waals surface area contributed by atoms with Gasteiger partial charge in [0.2, 0.25) is 0 Å². The van der Waals surface area contributed by atoms with Crippen LogP contribution in [0, 0.1) is 0 Å². The van der Waals surface area contributed by atoms with Crippen LogP contribution in [-0.4, -0.2) is 14.8 Å². The molecule has 0 bridgehead atoms. The van der Waals surface area contributed by atoms with Crippen LogP contribution in [0.5, 0.6) is 5.75 Å². The molecule has 0 saturated carbocycles. The predicted octanol–water partition coefficient (Wildman–Crippen LogP) is 7.60. The zero-order chi connectivity index (χ0) is 22.6. The Balaban J connectivity index is 1.42. The second-order valence-electron chi connectivity index (χ2n) is 7.37. The number of benzene rings is 4. The molecule has 164 valence electrons. The molecule has 0 aliphatic heterocycles. The fourth-order valence-electron chi connectivity index (χ4n) is 3.56. The summed E-state index contributed by atoms with van der Waals surface area (Å²) in [6.45, 7) is 0.295. The van der Waals surface area contributed by atoms with Crippen LogP contribution in [-0.2, 0) is 12.4 Å². The van der Waals surface area contributed by atoms with Gasteiger partial charge < -0.3 is 4.74 Å². The third-order valence-electron chi connectivity index (χ3n) is 5.17. The molecule has 0 amide bonds. The van der Waals surface area contributed by atoms with Gasteiger partial charge in [0.25, 0.3) is 0 Å². The Hall–Kier alpha value is -2.99. The summed E-state index contributed by atoms with van der Waals surface area (Å²) in [6, 6.07) is 29.9. The Morgan fingerprint density at radius 1 is 0.788 bits per heavy atom. The first kappa shape index (κ1) is 21.8. The molecule has 4 nitrogen and oxygen atoms in total. The number of rotatable bonds is 7. The van der Waals surface area contributed by atoms with Gasteiger partial charge in [-0.2, -0.15) is 0 Å². The Kier molecular flexibility index (Phi) is 6.53. The Labute approximate surface area is 206 Å². The van der Waals surface area contributed by atoms with E-state index in [1.807, 2.05) is 77.4 Å². The lowest BCUT2D eigenvalue weighted by molar-refractivity contribution is 0.296.